The third-order valence-electron chi connectivity index (χ3n) is 3.32. The molecule has 1 fully saturated rings. The van der Waals surface area contributed by atoms with Gasteiger partial charge in [0, 0.05) is 25.9 Å². The molecule has 0 saturated carbocycles. The molecule has 5 nitrogen and oxygen atoms in total. The number of nitrogens with zero attached hydrogens (tertiary/aromatic N) is 1. The zero-order valence-corrected chi connectivity index (χ0v) is 10.7. The van der Waals surface area contributed by atoms with Crippen molar-refractivity contribution >= 4 is 11.8 Å². The van der Waals surface area contributed by atoms with Crippen molar-refractivity contribution in [3.8, 4) is 0 Å². The lowest BCUT2D eigenvalue weighted by Gasteiger charge is -2.41. The fraction of sp³-hybridized carbons (Fsp3) is 0.538. The maximum absolute atomic E-state index is 12.2. The number of rotatable bonds is 3. The maximum atomic E-state index is 12.2. The molecule has 18 heavy (non-hydrogen) atoms. The van der Waals surface area contributed by atoms with E-state index in [1.807, 2.05) is 6.07 Å². The second-order valence-electron chi connectivity index (χ2n) is 4.94. The van der Waals surface area contributed by atoms with Crippen molar-refractivity contribution < 1.29 is 14.0 Å². The fourth-order valence-electron chi connectivity index (χ4n) is 2.16. The molecule has 1 aromatic heterocycles. The maximum Gasteiger partial charge on any atom is 0.245 e. The summed E-state index contributed by atoms with van der Waals surface area (Å²) in [7, 11) is 0. The number of aryl methyl sites for hydroxylation is 1. The topological polar surface area (TPSA) is 62.6 Å². The number of piperazine rings is 1. The number of carbonyl (C=O) groups is 2. The van der Waals surface area contributed by atoms with E-state index in [2.05, 4.69) is 5.32 Å². The predicted octanol–water partition coefficient (Wildman–Crippen LogP) is 0.949. The molecule has 5 heteroatoms. The normalized spacial score (nSPS) is 18.6. The number of furan rings is 1. The molecule has 0 unspecified atom stereocenters. The Bertz CT molecular complexity index is 437. The van der Waals surface area contributed by atoms with Gasteiger partial charge in [0.1, 0.15) is 11.3 Å². The van der Waals surface area contributed by atoms with E-state index < -0.39 is 5.54 Å². The number of hydrogen-bond donors (Lipinski definition) is 1. The number of carbonyl (C=O) groups excluding carboxylic acids is 2. The van der Waals surface area contributed by atoms with Gasteiger partial charge < -0.3 is 14.6 Å². The molecule has 0 aromatic carbocycles. The van der Waals surface area contributed by atoms with Crippen LogP contribution in [0.15, 0.2) is 22.8 Å². The monoisotopic (exact) mass is 250 g/mol. The molecule has 0 aliphatic carbocycles. The minimum Gasteiger partial charge on any atom is -0.469 e. The molecule has 98 valence electrons. The lowest BCUT2D eigenvalue weighted by Crippen LogP contribution is -2.63. The zero-order chi connectivity index (χ0) is 13.2. The molecular weight excluding hydrogens is 232 g/mol. The first-order valence-corrected chi connectivity index (χ1v) is 6.13. The molecule has 1 aliphatic heterocycles. The van der Waals surface area contributed by atoms with E-state index >= 15 is 0 Å². The van der Waals surface area contributed by atoms with Crippen LogP contribution in [0.3, 0.4) is 0 Å². The average molecular weight is 250 g/mol. The van der Waals surface area contributed by atoms with Crippen LogP contribution < -0.4 is 5.32 Å². The van der Waals surface area contributed by atoms with E-state index in [0.29, 0.717) is 25.9 Å². The first-order valence-electron chi connectivity index (χ1n) is 6.13. The Kier molecular flexibility index (Phi) is 3.41. The lowest BCUT2D eigenvalue weighted by atomic mass is 9.98. The van der Waals surface area contributed by atoms with Gasteiger partial charge in [0.15, 0.2) is 0 Å². The van der Waals surface area contributed by atoms with Crippen molar-refractivity contribution in [2.75, 3.05) is 13.1 Å². The first kappa shape index (κ1) is 12.7. The molecule has 0 atom stereocenters. The molecule has 2 rings (SSSR count). The summed E-state index contributed by atoms with van der Waals surface area (Å²) in [5.74, 6) is 0.689. The van der Waals surface area contributed by atoms with Crippen molar-refractivity contribution in [1.29, 1.82) is 0 Å². The van der Waals surface area contributed by atoms with Crippen LogP contribution in [0.2, 0.25) is 0 Å². The van der Waals surface area contributed by atoms with Crippen LogP contribution in [0.5, 0.6) is 0 Å². The third kappa shape index (κ3) is 2.39. The molecule has 2 amide bonds. The lowest BCUT2D eigenvalue weighted by molar-refractivity contribution is -0.149. The Morgan fingerprint density at radius 3 is 3.00 bits per heavy atom. The van der Waals surface area contributed by atoms with Gasteiger partial charge in [-0.2, -0.15) is 0 Å². The van der Waals surface area contributed by atoms with Gasteiger partial charge in [-0.05, 0) is 26.0 Å². The van der Waals surface area contributed by atoms with Crippen molar-refractivity contribution in [2.24, 2.45) is 0 Å². The first-order chi connectivity index (χ1) is 8.51. The highest BCUT2D eigenvalue weighted by Gasteiger charge is 2.39. The number of hydrogen-bond acceptors (Lipinski definition) is 3. The summed E-state index contributed by atoms with van der Waals surface area (Å²) in [5, 5.41) is 2.78. The van der Waals surface area contributed by atoms with Gasteiger partial charge in [0.05, 0.1) is 6.26 Å². The van der Waals surface area contributed by atoms with E-state index in [1.54, 1.807) is 31.1 Å². The van der Waals surface area contributed by atoms with Crippen molar-refractivity contribution in [3.63, 3.8) is 0 Å². The highest BCUT2D eigenvalue weighted by atomic mass is 16.3. The quantitative estimate of drug-likeness (QED) is 0.868. The molecular formula is C13H18N2O3. The minimum absolute atomic E-state index is 0.00810. The fourth-order valence-corrected chi connectivity index (χ4v) is 2.16. The highest BCUT2D eigenvalue weighted by molar-refractivity contribution is 5.91. The van der Waals surface area contributed by atoms with E-state index in [9.17, 15) is 9.59 Å². The largest absolute Gasteiger partial charge is 0.469 e. The van der Waals surface area contributed by atoms with Crippen LogP contribution in [-0.4, -0.2) is 35.3 Å². The number of nitrogens with one attached hydrogen (secondary N) is 1. The van der Waals surface area contributed by atoms with Gasteiger partial charge in [0.25, 0.3) is 0 Å². The molecule has 1 aliphatic rings. The van der Waals surface area contributed by atoms with Crippen LogP contribution in [0.4, 0.5) is 0 Å². The SMILES string of the molecule is CC1(C)C(=O)NCCN1C(=O)CCc1ccco1. The summed E-state index contributed by atoms with van der Waals surface area (Å²) in [5.41, 5.74) is -0.765. The second-order valence-corrected chi connectivity index (χ2v) is 4.94. The molecule has 0 bridgehead atoms. The summed E-state index contributed by atoms with van der Waals surface area (Å²) in [4.78, 5) is 25.5. The summed E-state index contributed by atoms with van der Waals surface area (Å²) in [6.07, 6.45) is 2.53. The van der Waals surface area contributed by atoms with Gasteiger partial charge in [-0.3, -0.25) is 9.59 Å². The Labute approximate surface area is 106 Å². The Morgan fingerprint density at radius 2 is 2.33 bits per heavy atom. The third-order valence-corrected chi connectivity index (χ3v) is 3.32. The molecule has 1 N–H and O–H groups in total. The smallest absolute Gasteiger partial charge is 0.245 e. The summed E-state index contributed by atoms with van der Waals surface area (Å²) in [6, 6.07) is 3.65. The minimum atomic E-state index is -0.765. The van der Waals surface area contributed by atoms with E-state index in [1.165, 1.54) is 0 Å². The van der Waals surface area contributed by atoms with Gasteiger partial charge in [0.2, 0.25) is 11.8 Å². The van der Waals surface area contributed by atoms with Crippen molar-refractivity contribution in [3.05, 3.63) is 24.2 Å². The standard InChI is InChI=1S/C13H18N2O3/c1-13(2)12(17)14-7-8-15(13)11(16)6-5-10-4-3-9-18-10/h3-4,9H,5-8H2,1-2H3,(H,14,17). The Hall–Kier alpha value is -1.78. The second kappa shape index (κ2) is 4.84. The molecule has 1 saturated heterocycles. The van der Waals surface area contributed by atoms with Crippen molar-refractivity contribution in [1.82, 2.24) is 10.2 Å². The van der Waals surface area contributed by atoms with E-state index in [0.717, 1.165) is 5.76 Å². The van der Waals surface area contributed by atoms with E-state index in [-0.39, 0.29) is 11.8 Å². The summed E-state index contributed by atoms with van der Waals surface area (Å²) < 4.78 is 5.19. The molecule has 2 heterocycles. The van der Waals surface area contributed by atoms with Crippen LogP contribution >= 0.6 is 0 Å². The molecule has 1 aromatic rings. The summed E-state index contributed by atoms with van der Waals surface area (Å²) >= 11 is 0. The highest BCUT2D eigenvalue weighted by Crippen LogP contribution is 2.19. The van der Waals surface area contributed by atoms with Gasteiger partial charge in [-0.15, -0.1) is 0 Å². The zero-order valence-electron chi connectivity index (χ0n) is 10.7. The number of amides is 2. The molecule has 0 radical (unpaired) electrons. The van der Waals surface area contributed by atoms with Crippen molar-refractivity contribution in [2.45, 2.75) is 32.2 Å². The van der Waals surface area contributed by atoms with Gasteiger partial charge in [-0.1, -0.05) is 0 Å². The van der Waals surface area contributed by atoms with Crippen LogP contribution in [0, 0.1) is 0 Å². The molecule has 0 spiro atoms. The Balaban J connectivity index is 1.97. The van der Waals surface area contributed by atoms with E-state index in [4.69, 9.17) is 4.42 Å². The summed E-state index contributed by atoms with van der Waals surface area (Å²) in [6.45, 7) is 4.63. The average Bonchev–Trinajstić information content (AvgIpc) is 2.82. The van der Waals surface area contributed by atoms with Gasteiger partial charge in [-0.25, -0.2) is 0 Å². The van der Waals surface area contributed by atoms with Crippen LogP contribution in [0.25, 0.3) is 0 Å². The van der Waals surface area contributed by atoms with Crippen LogP contribution in [-0.2, 0) is 16.0 Å². The van der Waals surface area contributed by atoms with Gasteiger partial charge >= 0.3 is 0 Å². The predicted molar refractivity (Wildman–Crippen MR) is 65.8 cm³/mol. The van der Waals surface area contributed by atoms with Crippen LogP contribution in [0.1, 0.15) is 26.0 Å². The Morgan fingerprint density at radius 1 is 1.56 bits per heavy atom.